The molecule has 2 aromatic carbocycles. The zero-order valence-corrected chi connectivity index (χ0v) is 21.7. The Bertz CT molecular complexity index is 1650. The summed E-state index contributed by atoms with van der Waals surface area (Å²) in [6.07, 6.45) is -4.49. The lowest BCUT2D eigenvalue weighted by molar-refractivity contribution is -0.137. The number of nitrogens with zero attached hydrogens (tertiary/aromatic N) is 3. The standard InChI is InChI=1S/C29H22F3N3O3S/c1-18-14-23(19(2)34(18)22-11-6-8-20(15-22)29(30,31)32)26(36)17-38-28(37)25-16-24(27-12-7-13-39-27)33-35(25)21-9-4-3-5-10-21/h3-16H,17H2,1-2H3. The summed E-state index contributed by atoms with van der Waals surface area (Å²) < 4.78 is 48.2. The van der Waals surface area contributed by atoms with Gasteiger partial charge in [-0.15, -0.1) is 11.3 Å². The zero-order valence-electron chi connectivity index (χ0n) is 20.9. The van der Waals surface area contributed by atoms with Crippen LogP contribution in [0.2, 0.25) is 0 Å². The maximum atomic E-state index is 13.2. The van der Waals surface area contributed by atoms with Gasteiger partial charge in [0.1, 0.15) is 5.69 Å². The van der Waals surface area contributed by atoms with E-state index < -0.39 is 30.1 Å². The number of hydrogen-bond donors (Lipinski definition) is 0. The quantitative estimate of drug-likeness (QED) is 0.161. The first-order valence-electron chi connectivity index (χ1n) is 11.9. The monoisotopic (exact) mass is 549 g/mol. The number of ether oxygens (including phenoxy) is 1. The smallest absolute Gasteiger partial charge is 0.416 e. The molecule has 0 spiro atoms. The number of ketones is 1. The van der Waals surface area contributed by atoms with Crippen molar-refractivity contribution in [2.45, 2.75) is 20.0 Å². The highest BCUT2D eigenvalue weighted by Gasteiger charge is 2.31. The first kappa shape index (κ1) is 26.2. The lowest BCUT2D eigenvalue weighted by Gasteiger charge is -2.13. The first-order chi connectivity index (χ1) is 18.6. The summed E-state index contributed by atoms with van der Waals surface area (Å²) in [4.78, 5) is 27.1. The first-order valence-corrected chi connectivity index (χ1v) is 12.8. The number of carbonyl (C=O) groups excluding carboxylic acids is 2. The Morgan fingerprint density at radius 3 is 2.36 bits per heavy atom. The highest BCUT2D eigenvalue weighted by molar-refractivity contribution is 7.13. The molecule has 0 radical (unpaired) electrons. The molecule has 0 N–H and O–H groups in total. The lowest BCUT2D eigenvalue weighted by atomic mass is 10.1. The van der Waals surface area contributed by atoms with Crippen LogP contribution in [0.5, 0.6) is 0 Å². The van der Waals surface area contributed by atoms with E-state index in [4.69, 9.17) is 4.74 Å². The molecule has 0 saturated heterocycles. The van der Waals surface area contributed by atoms with Crippen LogP contribution in [0, 0.1) is 13.8 Å². The van der Waals surface area contributed by atoms with E-state index in [2.05, 4.69) is 5.10 Å². The summed E-state index contributed by atoms with van der Waals surface area (Å²) in [6, 6.07) is 20.9. The largest absolute Gasteiger partial charge is 0.453 e. The molecule has 0 unspecified atom stereocenters. The predicted octanol–water partition coefficient (Wildman–Crippen LogP) is 7.07. The molecule has 0 saturated carbocycles. The number of benzene rings is 2. The fraction of sp³-hybridized carbons (Fsp3) is 0.138. The van der Waals surface area contributed by atoms with Crippen LogP contribution in [-0.4, -0.2) is 32.7 Å². The SMILES string of the molecule is Cc1cc(C(=O)COC(=O)c2cc(-c3cccs3)nn2-c2ccccc2)c(C)n1-c1cccc(C(F)(F)F)c1. The average Bonchev–Trinajstić information content (AvgIpc) is 3.66. The fourth-order valence-electron chi connectivity index (χ4n) is 4.38. The molecular formula is C29H22F3N3O3S. The second-order valence-electron chi connectivity index (χ2n) is 8.81. The molecule has 0 fully saturated rings. The molecule has 0 aliphatic rings. The second kappa shape index (κ2) is 10.4. The molecule has 0 aliphatic carbocycles. The number of thiophene rings is 1. The molecule has 10 heteroatoms. The minimum Gasteiger partial charge on any atom is -0.453 e. The van der Waals surface area contributed by atoms with Crippen LogP contribution >= 0.6 is 11.3 Å². The zero-order chi connectivity index (χ0) is 27.7. The number of hydrogen-bond acceptors (Lipinski definition) is 5. The summed E-state index contributed by atoms with van der Waals surface area (Å²) in [5.74, 6) is -1.20. The minimum atomic E-state index is -4.49. The van der Waals surface area contributed by atoms with Gasteiger partial charge in [-0.25, -0.2) is 9.48 Å². The van der Waals surface area contributed by atoms with Crippen LogP contribution in [0.3, 0.4) is 0 Å². The van der Waals surface area contributed by atoms with Gasteiger partial charge in [0.25, 0.3) is 0 Å². The average molecular weight is 550 g/mol. The summed E-state index contributed by atoms with van der Waals surface area (Å²) in [5.41, 5.74) is 2.18. The van der Waals surface area contributed by atoms with Crippen molar-refractivity contribution in [1.29, 1.82) is 0 Å². The third-order valence-corrected chi connectivity index (χ3v) is 7.08. The van der Waals surface area contributed by atoms with Crippen molar-refractivity contribution in [2.75, 3.05) is 6.61 Å². The van der Waals surface area contributed by atoms with E-state index in [1.54, 1.807) is 48.7 Å². The summed E-state index contributed by atoms with van der Waals surface area (Å²) in [5, 5.41) is 6.48. The summed E-state index contributed by atoms with van der Waals surface area (Å²) in [7, 11) is 0. The number of aryl methyl sites for hydroxylation is 1. The molecule has 0 amide bonds. The molecule has 39 heavy (non-hydrogen) atoms. The number of para-hydroxylation sites is 1. The third kappa shape index (κ3) is 5.28. The summed E-state index contributed by atoms with van der Waals surface area (Å²) in [6.45, 7) is 2.79. The minimum absolute atomic E-state index is 0.159. The van der Waals surface area contributed by atoms with Crippen molar-refractivity contribution in [1.82, 2.24) is 14.3 Å². The van der Waals surface area contributed by atoms with Gasteiger partial charge < -0.3 is 9.30 Å². The number of alkyl halides is 3. The topological polar surface area (TPSA) is 66.1 Å². The van der Waals surface area contributed by atoms with E-state index in [1.165, 1.54) is 22.1 Å². The molecule has 6 nitrogen and oxygen atoms in total. The Morgan fingerprint density at radius 2 is 1.67 bits per heavy atom. The number of esters is 1. The molecule has 198 valence electrons. The van der Waals surface area contributed by atoms with Gasteiger partial charge in [-0.1, -0.05) is 30.3 Å². The number of aromatic nitrogens is 3. The van der Waals surface area contributed by atoms with Gasteiger partial charge in [-0.3, -0.25) is 4.79 Å². The predicted molar refractivity (Wildman–Crippen MR) is 142 cm³/mol. The second-order valence-corrected chi connectivity index (χ2v) is 9.75. The molecule has 5 aromatic rings. The van der Waals surface area contributed by atoms with E-state index in [0.29, 0.717) is 22.8 Å². The van der Waals surface area contributed by atoms with Crippen molar-refractivity contribution in [3.63, 3.8) is 0 Å². The van der Waals surface area contributed by atoms with Crippen molar-refractivity contribution in [2.24, 2.45) is 0 Å². The number of halogens is 3. The summed E-state index contributed by atoms with van der Waals surface area (Å²) >= 11 is 1.48. The van der Waals surface area contributed by atoms with E-state index in [0.717, 1.165) is 17.0 Å². The van der Waals surface area contributed by atoms with Crippen LogP contribution in [0.1, 0.15) is 37.8 Å². The number of carbonyl (C=O) groups is 2. The van der Waals surface area contributed by atoms with Gasteiger partial charge in [0.15, 0.2) is 12.3 Å². The molecule has 3 aromatic heterocycles. The van der Waals surface area contributed by atoms with E-state index in [-0.39, 0.29) is 16.9 Å². The Kier molecular flexibility index (Phi) is 6.96. The Balaban J connectivity index is 1.39. The van der Waals surface area contributed by atoms with Gasteiger partial charge in [-0.2, -0.15) is 18.3 Å². The molecule has 0 atom stereocenters. The van der Waals surface area contributed by atoms with Crippen LogP contribution in [-0.2, 0) is 10.9 Å². The van der Waals surface area contributed by atoms with Crippen molar-refractivity contribution in [3.8, 4) is 21.9 Å². The van der Waals surface area contributed by atoms with E-state index in [1.807, 2.05) is 35.7 Å². The Morgan fingerprint density at radius 1 is 0.923 bits per heavy atom. The van der Waals surface area contributed by atoms with Gasteiger partial charge in [0, 0.05) is 28.7 Å². The van der Waals surface area contributed by atoms with Crippen LogP contribution in [0.15, 0.2) is 84.2 Å². The van der Waals surface area contributed by atoms with Crippen molar-refractivity contribution >= 4 is 23.1 Å². The van der Waals surface area contributed by atoms with Crippen LogP contribution in [0.25, 0.3) is 21.9 Å². The van der Waals surface area contributed by atoms with Crippen molar-refractivity contribution in [3.05, 3.63) is 112 Å². The number of rotatable bonds is 7. The molecule has 3 heterocycles. The van der Waals surface area contributed by atoms with Gasteiger partial charge in [-0.05, 0) is 61.7 Å². The maximum absolute atomic E-state index is 13.2. The normalized spacial score (nSPS) is 11.5. The van der Waals surface area contributed by atoms with Gasteiger partial charge in [0.2, 0.25) is 5.78 Å². The lowest BCUT2D eigenvalue weighted by Crippen LogP contribution is -2.17. The van der Waals surface area contributed by atoms with Gasteiger partial charge in [0.05, 0.1) is 16.1 Å². The van der Waals surface area contributed by atoms with E-state index >= 15 is 0 Å². The van der Waals surface area contributed by atoms with Crippen LogP contribution in [0.4, 0.5) is 13.2 Å². The highest BCUT2D eigenvalue weighted by atomic mass is 32.1. The Hall–Kier alpha value is -4.44. The molecular weight excluding hydrogens is 527 g/mol. The maximum Gasteiger partial charge on any atom is 0.416 e. The molecule has 0 aliphatic heterocycles. The van der Waals surface area contributed by atoms with E-state index in [9.17, 15) is 22.8 Å². The fourth-order valence-corrected chi connectivity index (χ4v) is 5.07. The highest BCUT2D eigenvalue weighted by Crippen LogP contribution is 2.32. The number of Topliss-reactive ketones (excluding diaryl/α,β-unsaturated/α-hetero) is 1. The Labute approximate surface area is 225 Å². The third-order valence-electron chi connectivity index (χ3n) is 6.19. The van der Waals surface area contributed by atoms with Gasteiger partial charge >= 0.3 is 12.1 Å². The molecule has 0 bridgehead atoms. The van der Waals surface area contributed by atoms with Crippen molar-refractivity contribution < 1.29 is 27.5 Å². The molecule has 5 rings (SSSR count). The van der Waals surface area contributed by atoms with Crippen LogP contribution < -0.4 is 0 Å².